The number of benzene rings is 1. The van der Waals surface area contributed by atoms with Crippen molar-refractivity contribution in [2.75, 3.05) is 13.1 Å². The van der Waals surface area contributed by atoms with Gasteiger partial charge in [-0.1, -0.05) is 18.2 Å². The van der Waals surface area contributed by atoms with Crippen LogP contribution in [0.2, 0.25) is 0 Å². The second-order valence-corrected chi connectivity index (χ2v) is 6.84. The molecule has 0 bridgehead atoms. The van der Waals surface area contributed by atoms with Crippen molar-refractivity contribution in [1.29, 1.82) is 0 Å². The van der Waals surface area contributed by atoms with Crippen molar-refractivity contribution in [2.45, 2.75) is 36.8 Å². The normalized spacial score (nSPS) is 16.0. The van der Waals surface area contributed by atoms with Crippen molar-refractivity contribution >= 4 is 17.7 Å². The highest BCUT2D eigenvalue weighted by atomic mass is 32.2. The zero-order valence-electron chi connectivity index (χ0n) is 12.8. The Bertz CT molecular complexity index is 663. The highest BCUT2D eigenvalue weighted by Crippen LogP contribution is 2.32. The molecule has 1 fully saturated rings. The standard InChI is InChI=1S/C16H19N3O2S/c1-11-5-3-4-6-14(11)22-13-7-9-19(10-8-13)16(20)15-18-17-12(2)21-15/h3-6,13H,7-10H2,1-2H3. The second-order valence-electron chi connectivity index (χ2n) is 5.50. The Morgan fingerprint density at radius 3 is 2.59 bits per heavy atom. The van der Waals surface area contributed by atoms with E-state index in [1.807, 2.05) is 16.7 Å². The van der Waals surface area contributed by atoms with Crippen molar-refractivity contribution in [3.05, 3.63) is 41.6 Å². The molecule has 0 unspecified atom stereocenters. The summed E-state index contributed by atoms with van der Waals surface area (Å²) in [6.07, 6.45) is 1.97. The lowest BCUT2D eigenvalue weighted by atomic mass is 10.1. The minimum Gasteiger partial charge on any atom is -0.417 e. The SMILES string of the molecule is Cc1nnc(C(=O)N2CCC(Sc3ccccc3C)CC2)o1. The number of hydrogen-bond acceptors (Lipinski definition) is 5. The van der Waals surface area contributed by atoms with Crippen molar-refractivity contribution < 1.29 is 9.21 Å². The molecule has 3 rings (SSSR count). The molecular formula is C16H19N3O2S. The Labute approximate surface area is 134 Å². The summed E-state index contributed by atoms with van der Waals surface area (Å²) in [4.78, 5) is 15.4. The second kappa shape index (κ2) is 6.52. The summed E-state index contributed by atoms with van der Waals surface area (Å²) < 4.78 is 5.22. The van der Waals surface area contributed by atoms with Gasteiger partial charge >= 0.3 is 11.8 Å². The Morgan fingerprint density at radius 2 is 1.95 bits per heavy atom. The Morgan fingerprint density at radius 1 is 1.23 bits per heavy atom. The highest BCUT2D eigenvalue weighted by Gasteiger charge is 2.27. The van der Waals surface area contributed by atoms with Gasteiger partial charge in [-0.3, -0.25) is 4.79 Å². The van der Waals surface area contributed by atoms with E-state index in [-0.39, 0.29) is 11.8 Å². The van der Waals surface area contributed by atoms with E-state index in [1.165, 1.54) is 10.5 Å². The lowest BCUT2D eigenvalue weighted by molar-refractivity contribution is 0.0685. The molecule has 0 atom stereocenters. The largest absolute Gasteiger partial charge is 0.417 e. The van der Waals surface area contributed by atoms with Gasteiger partial charge in [0.1, 0.15) is 0 Å². The van der Waals surface area contributed by atoms with Crippen LogP contribution in [0.4, 0.5) is 0 Å². The summed E-state index contributed by atoms with van der Waals surface area (Å²) in [6, 6.07) is 8.44. The van der Waals surface area contributed by atoms with Gasteiger partial charge in [0, 0.05) is 30.2 Å². The Balaban J connectivity index is 1.56. The van der Waals surface area contributed by atoms with Crippen molar-refractivity contribution in [3.63, 3.8) is 0 Å². The maximum atomic E-state index is 12.3. The predicted octanol–water partition coefficient (Wildman–Crippen LogP) is 3.08. The number of nitrogens with zero attached hydrogens (tertiary/aromatic N) is 3. The molecule has 1 amide bonds. The Hall–Kier alpha value is -1.82. The average molecular weight is 317 g/mol. The van der Waals surface area contributed by atoms with E-state index in [1.54, 1.807) is 6.92 Å². The number of carbonyl (C=O) groups is 1. The number of aryl methyl sites for hydroxylation is 2. The van der Waals surface area contributed by atoms with Gasteiger partial charge in [0.05, 0.1) is 0 Å². The molecule has 116 valence electrons. The van der Waals surface area contributed by atoms with Crippen molar-refractivity contribution in [1.82, 2.24) is 15.1 Å². The molecule has 0 saturated carbocycles. The minimum absolute atomic E-state index is 0.0995. The summed E-state index contributed by atoms with van der Waals surface area (Å²) in [5.41, 5.74) is 1.31. The number of piperidine rings is 1. The van der Waals surface area contributed by atoms with E-state index >= 15 is 0 Å². The topological polar surface area (TPSA) is 59.2 Å². The first-order valence-corrected chi connectivity index (χ1v) is 8.33. The third kappa shape index (κ3) is 3.32. The quantitative estimate of drug-likeness (QED) is 0.870. The van der Waals surface area contributed by atoms with Crippen LogP contribution < -0.4 is 0 Å². The zero-order valence-corrected chi connectivity index (χ0v) is 13.6. The van der Waals surface area contributed by atoms with Gasteiger partial charge in [-0.15, -0.1) is 22.0 Å². The van der Waals surface area contributed by atoms with Crippen LogP contribution in [0.3, 0.4) is 0 Å². The first-order valence-electron chi connectivity index (χ1n) is 7.45. The van der Waals surface area contributed by atoms with Crippen molar-refractivity contribution in [2.24, 2.45) is 0 Å². The van der Waals surface area contributed by atoms with Crippen molar-refractivity contribution in [3.8, 4) is 0 Å². The number of hydrogen-bond donors (Lipinski definition) is 0. The predicted molar refractivity (Wildman–Crippen MR) is 85.0 cm³/mol. The minimum atomic E-state index is -0.153. The van der Waals surface area contributed by atoms with Gasteiger partial charge in [0.25, 0.3) is 0 Å². The maximum absolute atomic E-state index is 12.3. The summed E-state index contributed by atoms with van der Waals surface area (Å²) in [5.74, 6) is 0.371. The van der Waals surface area contributed by atoms with Crippen LogP contribution in [-0.4, -0.2) is 39.3 Å². The van der Waals surface area contributed by atoms with Crippen LogP contribution in [0.15, 0.2) is 33.6 Å². The third-order valence-electron chi connectivity index (χ3n) is 3.83. The van der Waals surface area contributed by atoms with Gasteiger partial charge in [-0.05, 0) is 31.4 Å². The maximum Gasteiger partial charge on any atom is 0.311 e. The van der Waals surface area contributed by atoms with Gasteiger partial charge in [-0.2, -0.15) is 0 Å². The molecule has 1 aromatic heterocycles. The molecular weight excluding hydrogens is 298 g/mol. The molecule has 0 spiro atoms. The van der Waals surface area contributed by atoms with Crippen LogP contribution in [0, 0.1) is 13.8 Å². The van der Waals surface area contributed by atoms with E-state index in [9.17, 15) is 4.79 Å². The first kappa shape index (κ1) is 15.1. The van der Waals surface area contributed by atoms with Gasteiger partial charge < -0.3 is 9.32 Å². The first-order chi connectivity index (χ1) is 10.6. The lowest BCUT2D eigenvalue weighted by Crippen LogP contribution is -2.39. The van der Waals surface area contributed by atoms with E-state index in [0.29, 0.717) is 11.1 Å². The fraction of sp³-hybridized carbons (Fsp3) is 0.438. The monoisotopic (exact) mass is 317 g/mol. The third-order valence-corrected chi connectivity index (χ3v) is 5.34. The number of thioether (sulfide) groups is 1. The average Bonchev–Trinajstić information content (AvgIpc) is 2.96. The molecule has 0 N–H and O–H groups in total. The molecule has 1 saturated heterocycles. The molecule has 1 aliphatic rings. The molecule has 6 heteroatoms. The molecule has 2 heterocycles. The molecule has 22 heavy (non-hydrogen) atoms. The summed E-state index contributed by atoms with van der Waals surface area (Å²) in [7, 11) is 0. The van der Waals surface area contributed by atoms with E-state index in [0.717, 1.165) is 25.9 Å². The molecule has 1 aliphatic heterocycles. The molecule has 2 aromatic rings. The lowest BCUT2D eigenvalue weighted by Gasteiger charge is -2.31. The molecule has 0 radical (unpaired) electrons. The highest BCUT2D eigenvalue weighted by molar-refractivity contribution is 8.00. The zero-order chi connectivity index (χ0) is 15.5. The van der Waals surface area contributed by atoms with Gasteiger partial charge in [0.2, 0.25) is 5.89 Å². The summed E-state index contributed by atoms with van der Waals surface area (Å²) in [5, 5.41) is 8.07. The van der Waals surface area contributed by atoms with Crippen LogP contribution in [0.5, 0.6) is 0 Å². The number of aromatic nitrogens is 2. The van der Waals surface area contributed by atoms with E-state index < -0.39 is 0 Å². The van der Waals surface area contributed by atoms with E-state index in [4.69, 9.17) is 4.42 Å². The van der Waals surface area contributed by atoms with Crippen LogP contribution >= 0.6 is 11.8 Å². The molecule has 5 nitrogen and oxygen atoms in total. The molecule has 0 aliphatic carbocycles. The smallest absolute Gasteiger partial charge is 0.311 e. The fourth-order valence-corrected chi connectivity index (χ4v) is 3.78. The van der Waals surface area contributed by atoms with Crippen LogP contribution in [0.25, 0.3) is 0 Å². The Kier molecular flexibility index (Phi) is 4.47. The van der Waals surface area contributed by atoms with Gasteiger partial charge in [0.15, 0.2) is 0 Å². The number of amides is 1. The fourth-order valence-electron chi connectivity index (χ4n) is 2.56. The number of likely N-dealkylation sites (tertiary alicyclic amines) is 1. The number of rotatable bonds is 3. The summed E-state index contributed by atoms with van der Waals surface area (Å²) in [6.45, 7) is 5.31. The van der Waals surface area contributed by atoms with Gasteiger partial charge in [-0.25, -0.2) is 0 Å². The van der Waals surface area contributed by atoms with Crippen LogP contribution in [-0.2, 0) is 0 Å². The summed E-state index contributed by atoms with van der Waals surface area (Å²) >= 11 is 1.92. The van der Waals surface area contributed by atoms with E-state index in [2.05, 4.69) is 41.4 Å². The number of carbonyl (C=O) groups excluding carboxylic acids is 1. The van der Waals surface area contributed by atoms with Crippen LogP contribution in [0.1, 0.15) is 35.0 Å². The molecule has 1 aromatic carbocycles.